The molecule has 0 unspecified atom stereocenters. The van der Waals surface area contributed by atoms with E-state index in [2.05, 4.69) is 0 Å². The van der Waals surface area contributed by atoms with Crippen LogP contribution in [0.25, 0.3) is 0 Å². The quantitative estimate of drug-likeness (QED) is 0.751. The van der Waals surface area contributed by atoms with Crippen molar-refractivity contribution in [2.75, 3.05) is 6.26 Å². The van der Waals surface area contributed by atoms with Gasteiger partial charge >= 0.3 is 0 Å². The topological polar surface area (TPSA) is 54.4 Å². The van der Waals surface area contributed by atoms with Gasteiger partial charge in [-0.2, -0.15) is 0 Å². The molecule has 0 spiro atoms. The van der Waals surface area contributed by atoms with Gasteiger partial charge in [-0.05, 0) is 6.07 Å². The van der Waals surface area contributed by atoms with Crippen LogP contribution in [0.5, 0.6) is 5.75 Å². The molecule has 13 heavy (non-hydrogen) atoms. The molecule has 0 aromatic heterocycles. The third-order valence-electron chi connectivity index (χ3n) is 1.40. The van der Waals surface area contributed by atoms with Crippen molar-refractivity contribution in [3.05, 3.63) is 23.8 Å². The Morgan fingerprint density at radius 1 is 1.23 bits per heavy atom. The summed E-state index contributed by atoms with van der Waals surface area (Å²) in [4.78, 5) is -0.761. The fourth-order valence-electron chi connectivity index (χ4n) is 0.802. The van der Waals surface area contributed by atoms with E-state index in [1.54, 1.807) is 0 Å². The summed E-state index contributed by atoms with van der Waals surface area (Å²) in [5.41, 5.74) is 0. The van der Waals surface area contributed by atoms with Gasteiger partial charge in [-0.3, -0.25) is 0 Å². The summed E-state index contributed by atoms with van der Waals surface area (Å²) >= 11 is 0. The minimum Gasteiger partial charge on any atom is -0.505 e. The summed E-state index contributed by atoms with van der Waals surface area (Å²) in [6.07, 6.45) is 0.752. The molecule has 72 valence electrons. The van der Waals surface area contributed by atoms with E-state index in [-0.39, 0.29) is 0 Å². The van der Waals surface area contributed by atoms with E-state index in [1.807, 2.05) is 0 Å². The Hall–Kier alpha value is -1.17. The van der Waals surface area contributed by atoms with Crippen LogP contribution in [-0.4, -0.2) is 19.8 Å². The van der Waals surface area contributed by atoms with E-state index < -0.39 is 32.1 Å². The Morgan fingerprint density at radius 3 is 2.23 bits per heavy atom. The molecule has 1 rings (SSSR count). The zero-order valence-corrected chi connectivity index (χ0v) is 7.40. The molecule has 0 atom stereocenters. The zero-order chi connectivity index (χ0) is 10.2. The highest BCUT2D eigenvalue weighted by molar-refractivity contribution is 7.90. The van der Waals surface area contributed by atoms with Crippen molar-refractivity contribution in [1.29, 1.82) is 0 Å². The van der Waals surface area contributed by atoms with Gasteiger partial charge in [0, 0.05) is 12.3 Å². The molecule has 0 aliphatic carbocycles. The second-order valence-electron chi connectivity index (χ2n) is 2.51. The van der Waals surface area contributed by atoms with Crippen LogP contribution in [0.3, 0.4) is 0 Å². The molecule has 1 N–H and O–H groups in total. The van der Waals surface area contributed by atoms with E-state index in [9.17, 15) is 17.2 Å². The maximum Gasteiger partial charge on any atom is 0.178 e. The maximum absolute atomic E-state index is 12.8. The Kier molecular flexibility index (Phi) is 2.25. The molecule has 0 fully saturated rings. The normalized spacial score (nSPS) is 11.6. The lowest BCUT2D eigenvalue weighted by molar-refractivity contribution is 0.422. The van der Waals surface area contributed by atoms with Crippen molar-refractivity contribution in [2.24, 2.45) is 0 Å². The van der Waals surface area contributed by atoms with Crippen LogP contribution >= 0.6 is 0 Å². The first-order valence-corrected chi connectivity index (χ1v) is 5.09. The fourth-order valence-corrected chi connectivity index (χ4v) is 1.53. The highest BCUT2D eigenvalue weighted by Gasteiger charge is 2.16. The number of rotatable bonds is 1. The first-order chi connectivity index (χ1) is 5.82. The van der Waals surface area contributed by atoms with Crippen LogP contribution < -0.4 is 0 Å². The SMILES string of the molecule is CS(=O)(=O)c1cc(F)c(O)cc1F. The van der Waals surface area contributed by atoms with Crippen molar-refractivity contribution >= 4 is 9.84 Å². The van der Waals surface area contributed by atoms with Gasteiger partial charge in [0.2, 0.25) is 0 Å². The number of benzene rings is 1. The maximum atomic E-state index is 12.8. The van der Waals surface area contributed by atoms with Gasteiger partial charge in [-0.15, -0.1) is 0 Å². The molecule has 0 amide bonds. The highest BCUT2D eigenvalue weighted by atomic mass is 32.2. The first kappa shape index (κ1) is 9.91. The molecular weight excluding hydrogens is 202 g/mol. The molecule has 0 radical (unpaired) electrons. The molecule has 3 nitrogen and oxygen atoms in total. The number of phenolic OH excluding ortho intramolecular Hbond substituents is 1. The summed E-state index contributed by atoms with van der Waals surface area (Å²) in [5, 5.41) is 8.68. The average Bonchev–Trinajstić information content (AvgIpc) is 1.94. The van der Waals surface area contributed by atoms with Crippen molar-refractivity contribution < 1.29 is 22.3 Å². The van der Waals surface area contributed by atoms with Crippen molar-refractivity contribution in [2.45, 2.75) is 4.90 Å². The Labute approximate surface area is 73.5 Å². The zero-order valence-electron chi connectivity index (χ0n) is 6.58. The number of phenols is 1. The molecule has 0 aliphatic rings. The second-order valence-corrected chi connectivity index (χ2v) is 4.49. The van der Waals surface area contributed by atoms with E-state index >= 15 is 0 Å². The monoisotopic (exact) mass is 208 g/mol. The van der Waals surface area contributed by atoms with Gasteiger partial charge in [0.25, 0.3) is 0 Å². The van der Waals surface area contributed by atoms with Crippen LogP contribution in [0.4, 0.5) is 8.78 Å². The van der Waals surface area contributed by atoms with Crippen molar-refractivity contribution in [3.63, 3.8) is 0 Å². The first-order valence-electron chi connectivity index (χ1n) is 3.20. The van der Waals surface area contributed by atoms with Crippen molar-refractivity contribution in [1.82, 2.24) is 0 Å². The lowest BCUT2D eigenvalue weighted by atomic mass is 10.3. The molecule has 0 saturated carbocycles. The van der Waals surface area contributed by atoms with Crippen LogP contribution in [0.1, 0.15) is 0 Å². The predicted molar refractivity (Wildman–Crippen MR) is 41.1 cm³/mol. The molecule has 1 aromatic rings. The lowest BCUT2D eigenvalue weighted by Crippen LogP contribution is -2.01. The Bertz CT molecular complexity index is 439. The molecule has 1 aromatic carbocycles. The standard InChI is InChI=1S/C7H6F2O3S/c1-13(11,12)7-3-4(8)6(10)2-5(7)9/h2-3,10H,1H3. The lowest BCUT2D eigenvalue weighted by Gasteiger charge is -2.01. The minimum absolute atomic E-state index is 0.422. The third kappa shape index (κ3) is 1.95. The molecule has 0 heterocycles. The number of hydrogen-bond acceptors (Lipinski definition) is 3. The highest BCUT2D eigenvalue weighted by Crippen LogP contribution is 2.22. The van der Waals surface area contributed by atoms with E-state index in [4.69, 9.17) is 5.11 Å². The molecule has 0 saturated heterocycles. The van der Waals surface area contributed by atoms with Gasteiger partial charge in [0.05, 0.1) is 0 Å². The second kappa shape index (κ2) is 2.95. The Morgan fingerprint density at radius 2 is 1.77 bits per heavy atom. The summed E-state index contributed by atoms with van der Waals surface area (Å²) < 4.78 is 47.1. The van der Waals surface area contributed by atoms with Gasteiger partial charge in [0.15, 0.2) is 21.4 Å². The van der Waals surface area contributed by atoms with Crippen LogP contribution in [0, 0.1) is 11.6 Å². The van der Waals surface area contributed by atoms with Crippen LogP contribution in [0.15, 0.2) is 17.0 Å². The largest absolute Gasteiger partial charge is 0.505 e. The number of sulfone groups is 1. The average molecular weight is 208 g/mol. The fraction of sp³-hybridized carbons (Fsp3) is 0.143. The Balaban J connectivity index is 3.50. The van der Waals surface area contributed by atoms with E-state index in [0.717, 1.165) is 6.26 Å². The smallest absolute Gasteiger partial charge is 0.178 e. The van der Waals surface area contributed by atoms with Gasteiger partial charge in [-0.25, -0.2) is 17.2 Å². The van der Waals surface area contributed by atoms with Crippen LogP contribution in [0.2, 0.25) is 0 Å². The molecule has 0 bridgehead atoms. The predicted octanol–water partition coefficient (Wildman–Crippen LogP) is 1.07. The van der Waals surface area contributed by atoms with E-state index in [0.29, 0.717) is 12.1 Å². The number of hydrogen-bond donors (Lipinski definition) is 1. The van der Waals surface area contributed by atoms with Gasteiger partial charge < -0.3 is 5.11 Å². The molecular formula is C7H6F2O3S. The van der Waals surface area contributed by atoms with E-state index in [1.165, 1.54) is 0 Å². The van der Waals surface area contributed by atoms with Gasteiger partial charge in [-0.1, -0.05) is 0 Å². The third-order valence-corrected chi connectivity index (χ3v) is 2.51. The summed E-state index contributed by atoms with van der Waals surface area (Å²) in [5.74, 6) is -3.24. The summed E-state index contributed by atoms with van der Waals surface area (Å²) in [7, 11) is -3.80. The summed E-state index contributed by atoms with van der Waals surface area (Å²) in [6, 6.07) is 0.867. The van der Waals surface area contributed by atoms with Gasteiger partial charge in [0.1, 0.15) is 10.7 Å². The number of halogens is 2. The molecule has 6 heteroatoms. The van der Waals surface area contributed by atoms with Crippen molar-refractivity contribution in [3.8, 4) is 5.75 Å². The number of aromatic hydroxyl groups is 1. The van der Waals surface area contributed by atoms with Crippen LogP contribution in [-0.2, 0) is 9.84 Å². The molecule has 0 aliphatic heterocycles. The minimum atomic E-state index is -3.80. The summed E-state index contributed by atoms with van der Waals surface area (Å²) in [6.45, 7) is 0.